The summed E-state index contributed by atoms with van der Waals surface area (Å²) in [5.41, 5.74) is 2.58. The van der Waals surface area contributed by atoms with E-state index in [1.54, 1.807) is 61.7 Å². The van der Waals surface area contributed by atoms with Gasteiger partial charge in [0.2, 0.25) is 0 Å². The predicted molar refractivity (Wildman–Crippen MR) is 109 cm³/mol. The van der Waals surface area contributed by atoms with Crippen molar-refractivity contribution < 1.29 is 13.2 Å². The van der Waals surface area contributed by atoms with Crippen LogP contribution in [0.2, 0.25) is 0 Å². The summed E-state index contributed by atoms with van der Waals surface area (Å²) < 4.78 is 33.8. The fraction of sp³-hybridized carbons (Fsp3) is 0.182. The highest BCUT2D eigenvalue weighted by atomic mass is 32.2. The van der Waals surface area contributed by atoms with Gasteiger partial charge in [0, 0.05) is 6.07 Å². The highest BCUT2D eigenvalue weighted by Crippen LogP contribution is 2.35. The van der Waals surface area contributed by atoms with Crippen LogP contribution in [-0.4, -0.2) is 15.5 Å². The third-order valence-electron chi connectivity index (χ3n) is 4.48. The first-order valence-corrected chi connectivity index (χ1v) is 10.2. The number of nitrogens with zero attached hydrogens (tertiary/aromatic N) is 1. The molecule has 27 heavy (non-hydrogen) atoms. The van der Waals surface area contributed by atoms with Crippen molar-refractivity contribution >= 4 is 15.7 Å². The Morgan fingerprint density at radius 3 is 2.26 bits per heavy atom. The van der Waals surface area contributed by atoms with Crippen molar-refractivity contribution in [1.82, 2.24) is 0 Å². The topological polar surface area (TPSA) is 46.6 Å². The predicted octanol–water partition coefficient (Wildman–Crippen LogP) is 4.96. The number of sulfonamides is 1. The summed E-state index contributed by atoms with van der Waals surface area (Å²) in [6.45, 7) is 3.90. The van der Waals surface area contributed by atoms with E-state index in [4.69, 9.17) is 4.74 Å². The maximum atomic E-state index is 13.5. The summed E-state index contributed by atoms with van der Waals surface area (Å²) in [5, 5.41) is 0. The lowest BCUT2D eigenvalue weighted by atomic mass is 10.1. The number of hydrogen-bond acceptors (Lipinski definition) is 3. The molecule has 0 N–H and O–H groups in total. The van der Waals surface area contributed by atoms with E-state index in [-0.39, 0.29) is 10.9 Å². The van der Waals surface area contributed by atoms with E-state index in [1.807, 2.05) is 38.1 Å². The van der Waals surface area contributed by atoms with E-state index in [2.05, 4.69) is 0 Å². The molecule has 1 atom stereocenters. The molecule has 1 unspecified atom stereocenters. The summed E-state index contributed by atoms with van der Waals surface area (Å²) in [5.74, 6) is 0.609. The summed E-state index contributed by atoms with van der Waals surface area (Å²) >= 11 is 0. The molecule has 0 radical (unpaired) electrons. The van der Waals surface area contributed by atoms with E-state index in [9.17, 15) is 8.42 Å². The van der Waals surface area contributed by atoms with Gasteiger partial charge in [-0.1, -0.05) is 54.1 Å². The quantitative estimate of drug-likeness (QED) is 0.606. The van der Waals surface area contributed by atoms with Crippen LogP contribution in [0.15, 0.2) is 83.8 Å². The molecule has 0 aromatic heterocycles. The Labute approximate surface area is 161 Å². The second kappa shape index (κ2) is 7.84. The molecule has 0 aliphatic heterocycles. The number of hydrogen-bond donors (Lipinski definition) is 0. The number of anilines is 1. The Hall–Kier alpha value is -2.79. The number of aryl methyl sites for hydroxylation is 1. The molecular weight excluding hydrogens is 358 g/mol. The van der Waals surface area contributed by atoms with Gasteiger partial charge in [0.05, 0.1) is 23.7 Å². The molecule has 5 heteroatoms. The van der Waals surface area contributed by atoms with E-state index in [0.717, 1.165) is 11.1 Å². The van der Waals surface area contributed by atoms with Gasteiger partial charge in [-0.25, -0.2) is 8.42 Å². The zero-order valence-electron chi connectivity index (χ0n) is 15.7. The van der Waals surface area contributed by atoms with E-state index >= 15 is 0 Å². The molecule has 0 amide bonds. The Morgan fingerprint density at radius 2 is 1.59 bits per heavy atom. The van der Waals surface area contributed by atoms with Gasteiger partial charge in [0.25, 0.3) is 10.0 Å². The molecule has 0 aliphatic carbocycles. The number of methoxy groups -OCH3 is 1. The van der Waals surface area contributed by atoms with Crippen LogP contribution in [0.3, 0.4) is 0 Å². The van der Waals surface area contributed by atoms with E-state index < -0.39 is 10.0 Å². The minimum Gasteiger partial charge on any atom is -0.497 e. The summed E-state index contributed by atoms with van der Waals surface area (Å²) in [6.07, 6.45) is 0. The fourth-order valence-electron chi connectivity index (χ4n) is 3.09. The van der Waals surface area contributed by atoms with Crippen molar-refractivity contribution in [3.63, 3.8) is 0 Å². The Morgan fingerprint density at radius 1 is 0.889 bits per heavy atom. The first kappa shape index (κ1) is 19.0. The van der Waals surface area contributed by atoms with E-state index in [0.29, 0.717) is 11.4 Å². The average molecular weight is 381 g/mol. The third kappa shape index (κ3) is 3.98. The van der Waals surface area contributed by atoms with Crippen molar-refractivity contribution in [2.75, 3.05) is 11.4 Å². The van der Waals surface area contributed by atoms with Gasteiger partial charge in [0.15, 0.2) is 0 Å². The summed E-state index contributed by atoms with van der Waals surface area (Å²) in [6, 6.07) is 23.1. The maximum Gasteiger partial charge on any atom is 0.264 e. The van der Waals surface area contributed by atoms with Gasteiger partial charge in [-0.2, -0.15) is 0 Å². The van der Waals surface area contributed by atoms with E-state index in [1.165, 1.54) is 4.31 Å². The molecule has 3 aromatic carbocycles. The third-order valence-corrected chi connectivity index (χ3v) is 6.40. The maximum absolute atomic E-state index is 13.5. The minimum atomic E-state index is -3.76. The second-order valence-corrected chi connectivity index (χ2v) is 8.22. The van der Waals surface area contributed by atoms with Gasteiger partial charge in [-0.3, -0.25) is 4.31 Å². The van der Waals surface area contributed by atoms with Crippen molar-refractivity contribution in [1.29, 1.82) is 0 Å². The Balaban J connectivity index is 2.17. The van der Waals surface area contributed by atoms with Crippen molar-refractivity contribution in [2.45, 2.75) is 24.8 Å². The molecular formula is C22H23NO3S. The monoisotopic (exact) mass is 381 g/mol. The molecule has 3 rings (SSSR count). The largest absolute Gasteiger partial charge is 0.497 e. The summed E-state index contributed by atoms with van der Waals surface area (Å²) in [4.78, 5) is 0.257. The lowest BCUT2D eigenvalue weighted by Gasteiger charge is -2.31. The fourth-order valence-corrected chi connectivity index (χ4v) is 4.75. The zero-order chi connectivity index (χ0) is 19.4. The molecule has 0 saturated heterocycles. The van der Waals surface area contributed by atoms with Gasteiger partial charge in [-0.05, 0) is 43.7 Å². The molecule has 4 nitrogen and oxygen atoms in total. The SMILES string of the molecule is COc1cccc(N(C(C)c2cccc(C)c2)S(=O)(=O)c2ccccc2)c1. The van der Waals surface area contributed by atoms with Gasteiger partial charge in [0.1, 0.15) is 5.75 Å². The Kier molecular flexibility index (Phi) is 5.51. The molecule has 0 fully saturated rings. The first-order valence-electron chi connectivity index (χ1n) is 8.73. The lowest BCUT2D eigenvalue weighted by molar-refractivity contribution is 0.415. The summed E-state index contributed by atoms with van der Waals surface area (Å²) in [7, 11) is -2.19. The first-order chi connectivity index (χ1) is 12.9. The average Bonchev–Trinajstić information content (AvgIpc) is 2.69. The van der Waals surface area contributed by atoms with Crippen LogP contribution in [0.5, 0.6) is 5.75 Å². The highest BCUT2D eigenvalue weighted by Gasteiger charge is 2.30. The standard InChI is InChI=1S/C22H23NO3S/c1-17-9-7-10-19(15-17)18(2)23(20-11-8-12-21(16-20)26-3)27(24,25)22-13-5-4-6-14-22/h4-16,18H,1-3H3. The van der Waals surface area contributed by atoms with Crippen molar-refractivity contribution in [3.8, 4) is 5.75 Å². The van der Waals surface area contributed by atoms with Crippen molar-refractivity contribution in [3.05, 3.63) is 90.0 Å². The van der Waals surface area contributed by atoms with Gasteiger partial charge in [-0.15, -0.1) is 0 Å². The van der Waals surface area contributed by atoms with Crippen LogP contribution < -0.4 is 9.04 Å². The van der Waals surface area contributed by atoms with Crippen LogP contribution in [-0.2, 0) is 10.0 Å². The number of rotatable bonds is 6. The molecule has 140 valence electrons. The number of benzene rings is 3. The van der Waals surface area contributed by atoms with Crippen LogP contribution in [0.25, 0.3) is 0 Å². The van der Waals surface area contributed by atoms with Crippen LogP contribution in [0.1, 0.15) is 24.1 Å². The molecule has 0 aliphatic rings. The zero-order valence-corrected chi connectivity index (χ0v) is 16.5. The van der Waals surface area contributed by atoms with Crippen LogP contribution in [0, 0.1) is 6.92 Å². The lowest BCUT2D eigenvalue weighted by Crippen LogP contribution is -2.33. The highest BCUT2D eigenvalue weighted by molar-refractivity contribution is 7.92. The molecule has 0 heterocycles. The molecule has 0 spiro atoms. The Bertz CT molecular complexity index is 1020. The van der Waals surface area contributed by atoms with Crippen molar-refractivity contribution in [2.24, 2.45) is 0 Å². The normalized spacial score (nSPS) is 12.4. The van der Waals surface area contributed by atoms with Gasteiger partial charge < -0.3 is 4.74 Å². The molecule has 0 saturated carbocycles. The minimum absolute atomic E-state index is 0.257. The van der Waals surface area contributed by atoms with Gasteiger partial charge >= 0.3 is 0 Å². The number of ether oxygens (including phenoxy) is 1. The molecule has 3 aromatic rings. The van der Waals surface area contributed by atoms with Crippen LogP contribution in [0.4, 0.5) is 5.69 Å². The second-order valence-electron chi connectivity index (χ2n) is 6.41. The molecule has 0 bridgehead atoms. The van der Waals surface area contributed by atoms with Crippen LogP contribution >= 0.6 is 0 Å². The smallest absolute Gasteiger partial charge is 0.264 e.